The number of aromatic amines is 1. The Labute approximate surface area is 105 Å². The summed E-state index contributed by atoms with van der Waals surface area (Å²) >= 11 is 0. The SMILES string of the molecule is CCCCCc1cc2cc(O)cc(O)c2c(=O)[nH]1. The third-order valence-electron chi connectivity index (χ3n) is 3.01. The summed E-state index contributed by atoms with van der Waals surface area (Å²) in [4.78, 5) is 14.6. The van der Waals surface area contributed by atoms with Gasteiger partial charge < -0.3 is 15.2 Å². The number of phenols is 2. The molecule has 0 atom stereocenters. The van der Waals surface area contributed by atoms with Crippen LogP contribution in [0.15, 0.2) is 23.0 Å². The highest BCUT2D eigenvalue weighted by Crippen LogP contribution is 2.27. The molecule has 0 unspecified atom stereocenters. The lowest BCUT2D eigenvalue weighted by Crippen LogP contribution is -2.09. The molecule has 0 bridgehead atoms. The van der Waals surface area contributed by atoms with Crippen LogP contribution in [0.1, 0.15) is 31.9 Å². The van der Waals surface area contributed by atoms with E-state index in [1.54, 1.807) is 0 Å². The average molecular weight is 247 g/mol. The van der Waals surface area contributed by atoms with Crippen molar-refractivity contribution in [1.82, 2.24) is 4.98 Å². The van der Waals surface area contributed by atoms with Gasteiger partial charge in [0.25, 0.3) is 5.56 Å². The van der Waals surface area contributed by atoms with Gasteiger partial charge in [-0.3, -0.25) is 4.79 Å². The van der Waals surface area contributed by atoms with Crippen molar-refractivity contribution in [1.29, 1.82) is 0 Å². The maximum Gasteiger partial charge on any atom is 0.259 e. The standard InChI is InChI=1S/C14H17NO3/c1-2-3-4-5-10-6-9-7-11(16)8-12(17)13(9)14(18)15-10/h6-8,16-17H,2-5H2,1H3,(H,15,18). The molecule has 0 spiro atoms. The first-order valence-electron chi connectivity index (χ1n) is 6.19. The Hall–Kier alpha value is -1.97. The zero-order valence-corrected chi connectivity index (χ0v) is 10.4. The summed E-state index contributed by atoms with van der Waals surface area (Å²) in [5, 5.41) is 19.9. The molecule has 18 heavy (non-hydrogen) atoms. The van der Waals surface area contributed by atoms with Crippen LogP contribution in [0.2, 0.25) is 0 Å². The lowest BCUT2D eigenvalue weighted by Gasteiger charge is -2.05. The fraction of sp³-hybridized carbons (Fsp3) is 0.357. The zero-order valence-electron chi connectivity index (χ0n) is 10.4. The van der Waals surface area contributed by atoms with Crippen molar-refractivity contribution in [2.75, 3.05) is 0 Å². The highest BCUT2D eigenvalue weighted by molar-refractivity contribution is 5.88. The third kappa shape index (κ3) is 2.47. The molecule has 1 heterocycles. The summed E-state index contributed by atoms with van der Waals surface area (Å²) in [6.07, 6.45) is 4.06. The molecule has 0 amide bonds. The Morgan fingerprint density at radius 3 is 2.67 bits per heavy atom. The number of unbranched alkanes of at least 4 members (excludes halogenated alkanes) is 2. The van der Waals surface area contributed by atoms with Gasteiger partial charge in [-0.05, 0) is 30.4 Å². The maximum absolute atomic E-state index is 11.9. The summed E-state index contributed by atoms with van der Waals surface area (Å²) in [7, 11) is 0. The first-order valence-corrected chi connectivity index (χ1v) is 6.19. The van der Waals surface area contributed by atoms with Crippen molar-refractivity contribution < 1.29 is 10.2 Å². The Morgan fingerprint density at radius 1 is 1.17 bits per heavy atom. The van der Waals surface area contributed by atoms with Gasteiger partial charge in [0.05, 0.1) is 5.39 Å². The smallest absolute Gasteiger partial charge is 0.259 e. The van der Waals surface area contributed by atoms with E-state index in [1.807, 2.05) is 6.07 Å². The number of H-pyrrole nitrogens is 1. The van der Waals surface area contributed by atoms with E-state index < -0.39 is 0 Å². The number of aryl methyl sites for hydroxylation is 1. The van der Waals surface area contributed by atoms with Crippen LogP contribution in [0.25, 0.3) is 10.8 Å². The minimum atomic E-state index is -0.309. The first kappa shape index (κ1) is 12.5. The maximum atomic E-state index is 11.9. The molecule has 4 nitrogen and oxygen atoms in total. The fourth-order valence-electron chi connectivity index (χ4n) is 2.13. The van der Waals surface area contributed by atoms with Crippen molar-refractivity contribution in [3.05, 3.63) is 34.2 Å². The summed E-state index contributed by atoms with van der Waals surface area (Å²) in [6.45, 7) is 2.12. The Kier molecular flexibility index (Phi) is 3.55. The van der Waals surface area contributed by atoms with Crippen LogP contribution in [0, 0.1) is 0 Å². The Morgan fingerprint density at radius 2 is 1.94 bits per heavy atom. The van der Waals surface area contributed by atoms with Gasteiger partial charge in [0.15, 0.2) is 0 Å². The molecule has 3 N–H and O–H groups in total. The molecule has 2 rings (SSSR count). The summed E-state index contributed by atoms with van der Waals surface area (Å²) in [5.41, 5.74) is 0.530. The Balaban J connectivity index is 2.45. The lowest BCUT2D eigenvalue weighted by atomic mass is 10.1. The monoisotopic (exact) mass is 247 g/mol. The molecule has 0 radical (unpaired) electrons. The third-order valence-corrected chi connectivity index (χ3v) is 3.01. The van der Waals surface area contributed by atoms with E-state index >= 15 is 0 Å². The van der Waals surface area contributed by atoms with E-state index in [2.05, 4.69) is 11.9 Å². The Bertz CT molecular complexity index is 616. The molecule has 0 fully saturated rings. The van der Waals surface area contributed by atoms with E-state index in [4.69, 9.17) is 0 Å². The summed E-state index contributed by atoms with van der Waals surface area (Å²) in [6, 6.07) is 4.48. The van der Waals surface area contributed by atoms with Crippen molar-refractivity contribution in [3.8, 4) is 11.5 Å². The number of aromatic nitrogens is 1. The van der Waals surface area contributed by atoms with E-state index in [9.17, 15) is 15.0 Å². The van der Waals surface area contributed by atoms with Crippen LogP contribution in [-0.2, 0) is 6.42 Å². The molecule has 2 aromatic rings. The predicted octanol–water partition coefficient (Wildman–Crippen LogP) is 2.67. The van der Waals surface area contributed by atoms with E-state index in [0.29, 0.717) is 5.39 Å². The van der Waals surface area contributed by atoms with Gasteiger partial charge in [0.2, 0.25) is 0 Å². The number of phenolic OH excluding ortho intramolecular Hbond substituents is 2. The van der Waals surface area contributed by atoms with Gasteiger partial charge >= 0.3 is 0 Å². The second kappa shape index (κ2) is 5.12. The van der Waals surface area contributed by atoms with Crippen LogP contribution in [0.5, 0.6) is 11.5 Å². The van der Waals surface area contributed by atoms with Crippen LogP contribution in [0.4, 0.5) is 0 Å². The molecule has 0 saturated carbocycles. The van der Waals surface area contributed by atoms with Gasteiger partial charge in [0.1, 0.15) is 11.5 Å². The van der Waals surface area contributed by atoms with Gasteiger partial charge in [-0.1, -0.05) is 19.8 Å². The number of rotatable bonds is 4. The summed E-state index contributed by atoms with van der Waals surface area (Å²) < 4.78 is 0. The second-order valence-electron chi connectivity index (χ2n) is 4.51. The second-order valence-corrected chi connectivity index (χ2v) is 4.51. The molecule has 4 heteroatoms. The van der Waals surface area contributed by atoms with Crippen molar-refractivity contribution in [2.45, 2.75) is 32.6 Å². The zero-order chi connectivity index (χ0) is 13.1. The van der Waals surface area contributed by atoms with Crippen molar-refractivity contribution in [2.24, 2.45) is 0 Å². The molecule has 0 aliphatic rings. The molecule has 1 aromatic heterocycles. The van der Waals surface area contributed by atoms with E-state index in [-0.39, 0.29) is 22.4 Å². The molecule has 96 valence electrons. The highest BCUT2D eigenvalue weighted by atomic mass is 16.3. The number of aromatic hydroxyl groups is 2. The van der Waals surface area contributed by atoms with Crippen LogP contribution in [-0.4, -0.2) is 15.2 Å². The van der Waals surface area contributed by atoms with E-state index in [1.165, 1.54) is 12.1 Å². The van der Waals surface area contributed by atoms with Gasteiger partial charge in [-0.2, -0.15) is 0 Å². The normalized spacial score (nSPS) is 10.9. The number of benzene rings is 1. The van der Waals surface area contributed by atoms with E-state index in [0.717, 1.165) is 31.4 Å². The number of fused-ring (bicyclic) bond motifs is 1. The average Bonchev–Trinajstić information content (AvgIpc) is 2.27. The largest absolute Gasteiger partial charge is 0.508 e. The number of pyridine rings is 1. The fourth-order valence-corrected chi connectivity index (χ4v) is 2.13. The van der Waals surface area contributed by atoms with Crippen LogP contribution >= 0.6 is 0 Å². The van der Waals surface area contributed by atoms with Gasteiger partial charge in [0, 0.05) is 11.8 Å². The number of hydrogen-bond acceptors (Lipinski definition) is 3. The number of hydrogen-bond donors (Lipinski definition) is 3. The van der Waals surface area contributed by atoms with Gasteiger partial charge in [-0.15, -0.1) is 0 Å². The van der Waals surface area contributed by atoms with Crippen molar-refractivity contribution in [3.63, 3.8) is 0 Å². The minimum absolute atomic E-state index is 0.0369. The highest BCUT2D eigenvalue weighted by Gasteiger charge is 2.08. The quantitative estimate of drug-likeness (QED) is 0.727. The summed E-state index contributed by atoms with van der Waals surface area (Å²) in [5.74, 6) is -0.225. The topological polar surface area (TPSA) is 73.3 Å². The molecule has 0 saturated heterocycles. The van der Waals surface area contributed by atoms with Crippen LogP contribution < -0.4 is 5.56 Å². The molecular weight excluding hydrogens is 230 g/mol. The minimum Gasteiger partial charge on any atom is -0.508 e. The first-order chi connectivity index (χ1) is 8.61. The van der Waals surface area contributed by atoms with Crippen LogP contribution in [0.3, 0.4) is 0 Å². The number of nitrogens with one attached hydrogen (secondary N) is 1. The lowest BCUT2D eigenvalue weighted by molar-refractivity contribution is 0.455. The predicted molar refractivity (Wildman–Crippen MR) is 71.1 cm³/mol. The molecule has 0 aliphatic heterocycles. The molecule has 1 aromatic carbocycles. The molecular formula is C14H17NO3. The molecule has 0 aliphatic carbocycles. The van der Waals surface area contributed by atoms with Gasteiger partial charge in [-0.25, -0.2) is 0 Å². The van der Waals surface area contributed by atoms with Crippen molar-refractivity contribution >= 4 is 10.8 Å².